The predicted molar refractivity (Wildman–Crippen MR) is 122 cm³/mol. The Kier molecular flexibility index (Phi) is 7.51. The zero-order valence-corrected chi connectivity index (χ0v) is 19.6. The van der Waals surface area contributed by atoms with Crippen LogP contribution in [0.3, 0.4) is 0 Å². The number of nitrogens with zero attached hydrogens (tertiary/aromatic N) is 1. The van der Waals surface area contributed by atoms with Crippen molar-refractivity contribution in [1.29, 1.82) is 0 Å². The van der Waals surface area contributed by atoms with Crippen LogP contribution in [-0.2, 0) is 14.8 Å². The first-order chi connectivity index (χ1) is 14.8. The third-order valence-corrected chi connectivity index (χ3v) is 7.48. The van der Waals surface area contributed by atoms with Crippen LogP contribution >= 0.6 is 23.4 Å². The summed E-state index contributed by atoms with van der Waals surface area (Å²) in [5.41, 5.74) is 0.553. The van der Waals surface area contributed by atoms with Crippen molar-refractivity contribution in [3.8, 4) is 0 Å². The number of thioether (sulfide) groups is 1. The van der Waals surface area contributed by atoms with E-state index < -0.39 is 16.0 Å². The molecule has 0 bridgehead atoms. The molecule has 1 aliphatic rings. The number of methoxy groups -OCH3 is 1. The van der Waals surface area contributed by atoms with E-state index in [2.05, 4.69) is 9.46 Å². The molecule has 2 aromatic rings. The van der Waals surface area contributed by atoms with Gasteiger partial charge < -0.3 is 9.64 Å². The fraction of sp³-hybridized carbons (Fsp3) is 0.333. The van der Waals surface area contributed by atoms with E-state index in [0.29, 0.717) is 23.5 Å². The van der Waals surface area contributed by atoms with E-state index in [4.69, 9.17) is 11.6 Å². The third-order valence-electron chi connectivity index (χ3n) is 4.99. The number of anilines is 1. The zero-order valence-electron chi connectivity index (χ0n) is 17.2. The lowest BCUT2D eigenvalue weighted by atomic mass is 10.1. The Morgan fingerprint density at radius 3 is 2.45 bits per heavy atom. The molecule has 1 N–H and O–H groups in total. The summed E-state index contributed by atoms with van der Waals surface area (Å²) in [6, 6.07) is 8.62. The third kappa shape index (κ3) is 5.34. The number of halogens is 1. The molecule has 0 radical (unpaired) electrons. The van der Waals surface area contributed by atoms with E-state index in [1.807, 2.05) is 6.26 Å². The number of amides is 1. The lowest BCUT2D eigenvalue weighted by Gasteiger charge is -2.27. The van der Waals surface area contributed by atoms with Gasteiger partial charge in [0.1, 0.15) is 0 Å². The highest BCUT2D eigenvalue weighted by atomic mass is 35.5. The number of rotatable bonds is 6. The highest BCUT2D eigenvalue weighted by Gasteiger charge is 2.24. The Balaban J connectivity index is 1.94. The first-order valence-corrected chi connectivity index (χ1v) is 12.7. The summed E-state index contributed by atoms with van der Waals surface area (Å²) in [7, 11) is -2.83. The predicted octanol–water partition coefficient (Wildman–Crippen LogP) is 4.28. The zero-order chi connectivity index (χ0) is 22.6. The standard InChI is InChI=1S/C21H23ClN2O5S2/c1-29-21(26)14-6-8-17(22)18(12-14)23-31(27,28)15-7-9-19(30-2)16(13-15)20(25)24-10-4-3-5-11-24/h6-9,12-13,23H,3-5,10-11H2,1-2H3. The molecule has 1 amide bonds. The second-order valence-electron chi connectivity index (χ2n) is 7.01. The van der Waals surface area contributed by atoms with E-state index >= 15 is 0 Å². The van der Waals surface area contributed by atoms with Crippen molar-refractivity contribution in [3.63, 3.8) is 0 Å². The second kappa shape index (κ2) is 9.93. The molecule has 0 aliphatic carbocycles. The smallest absolute Gasteiger partial charge is 0.337 e. The molecule has 1 saturated heterocycles. The van der Waals surface area contributed by atoms with Gasteiger partial charge in [-0.2, -0.15) is 0 Å². The minimum atomic E-state index is -4.06. The monoisotopic (exact) mass is 482 g/mol. The van der Waals surface area contributed by atoms with Crippen LogP contribution < -0.4 is 4.72 Å². The van der Waals surface area contributed by atoms with Crippen LogP contribution in [0.1, 0.15) is 40.0 Å². The Labute approximate surface area is 191 Å². The lowest BCUT2D eigenvalue weighted by Crippen LogP contribution is -2.36. The Morgan fingerprint density at radius 1 is 1.10 bits per heavy atom. The van der Waals surface area contributed by atoms with Gasteiger partial charge in [0.15, 0.2) is 0 Å². The van der Waals surface area contributed by atoms with Crippen molar-refractivity contribution in [1.82, 2.24) is 4.90 Å². The minimum Gasteiger partial charge on any atom is -0.465 e. The van der Waals surface area contributed by atoms with Crippen LogP contribution in [0.4, 0.5) is 5.69 Å². The topological polar surface area (TPSA) is 92.8 Å². The van der Waals surface area contributed by atoms with Crippen LogP contribution in [0, 0.1) is 0 Å². The fourth-order valence-electron chi connectivity index (χ4n) is 3.34. The summed E-state index contributed by atoms with van der Waals surface area (Å²) in [4.78, 5) is 27.2. The van der Waals surface area contributed by atoms with Gasteiger partial charge in [0, 0.05) is 18.0 Å². The van der Waals surface area contributed by atoms with Crippen molar-refractivity contribution < 1.29 is 22.7 Å². The summed E-state index contributed by atoms with van der Waals surface area (Å²) in [5, 5.41) is 0.126. The number of esters is 1. The molecule has 1 heterocycles. The first-order valence-electron chi connectivity index (χ1n) is 9.65. The van der Waals surface area contributed by atoms with Crippen molar-refractivity contribution in [2.24, 2.45) is 0 Å². The normalized spacial score (nSPS) is 14.2. The number of carbonyl (C=O) groups is 2. The lowest BCUT2D eigenvalue weighted by molar-refractivity contribution is 0.0600. The summed E-state index contributed by atoms with van der Waals surface area (Å²) in [5.74, 6) is -0.789. The van der Waals surface area contributed by atoms with Gasteiger partial charge in [0.05, 0.1) is 33.8 Å². The molecule has 0 atom stereocenters. The molecule has 7 nitrogen and oxygen atoms in total. The van der Waals surface area contributed by atoms with E-state index in [9.17, 15) is 18.0 Å². The van der Waals surface area contributed by atoms with Gasteiger partial charge >= 0.3 is 5.97 Å². The molecule has 3 rings (SSSR count). The molecule has 0 spiro atoms. The number of carbonyl (C=O) groups excluding carboxylic acids is 2. The molecule has 166 valence electrons. The van der Waals surface area contributed by atoms with E-state index in [-0.39, 0.29) is 27.1 Å². The largest absolute Gasteiger partial charge is 0.465 e. The molecule has 1 aliphatic heterocycles. The summed E-state index contributed by atoms with van der Waals surface area (Å²) in [6.07, 6.45) is 4.81. The molecule has 0 aromatic heterocycles. The SMILES string of the molecule is COC(=O)c1ccc(Cl)c(NS(=O)(=O)c2ccc(SC)c(C(=O)N3CCCCC3)c2)c1. The van der Waals surface area contributed by atoms with Crippen molar-refractivity contribution in [3.05, 3.63) is 52.5 Å². The van der Waals surface area contributed by atoms with Gasteiger partial charge in [-0.05, 0) is 61.9 Å². The number of hydrogen-bond donors (Lipinski definition) is 1. The average Bonchev–Trinajstić information content (AvgIpc) is 2.79. The average molecular weight is 483 g/mol. The van der Waals surface area contributed by atoms with Crippen molar-refractivity contribution >= 4 is 50.9 Å². The van der Waals surface area contributed by atoms with Crippen molar-refractivity contribution in [2.45, 2.75) is 29.1 Å². The van der Waals surface area contributed by atoms with Crippen LogP contribution in [0.25, 0.3) is 0 Å². The molecular weight excluding hydrogens is 460 g/mol. The van der Waals surface area contributed by atoms with Gasteiger partial charge in [-0.3, -0.25) is 9.52 Å². The van der Waals surface area contributed by atoms with E-state index in [1.165, 1.54) is 49.2 Å². The number of ether oxygens (including phenoxy) is 1. The Morgan fingerprint density at radius 2 is 1.81 bits per heavy atom. The molecule has 31 heavy (non-hydrogen) atoms. The van der Waals surface area contributed by atoms with Crippen LogP contribution in [0.15, 0.2) is 46.2 Å². The molecule has 1 fully saturated rings. The van der Waals surface area contributed by atoms with Gasteiger partial charge in [-0.25, -0.2) is 13.2 Å². The number of hydrogen-bond acceptors (Lipinski definition) is 6. The number of benzene rings is 2. The van der Waals surface area contributed by atoms with Gasteiger partial charge in [-0.15, -0.1) is 11.8 Å². The highest BCUT2D eigenvalue weighted by molar-refractivity contribution is 7.98. The van der Waals surface area contributed by atoms with E-state index in [1.54, 1.807) is 11.0 Å². The molecule has 2 aromatic carbocycles. The molecule has 0 unspecified atom stereocenters. The van der Waals surface area contributed by atoms with Gasteiger partial charge in [0.25, 0.3) is 15.9 Å². The second-order valence-corrected chi connectivity index (χ2v) is 9.94. The number of sulfonamides is 1. The van der Waals surface area contributed by atoms with E-state index in [0.717, 1.165) is 19.3 Å². The van der Waals surface area contributed by atoms with Crippen LogP contribution in [-0.4, -0.2) is 51.6 Å². The van der Waals surface area contributed by atoms with Crippen LogP contribution in [0.2, 0.25) is 5.02 Å². The molecule has 10 heteroatoms. The number of piperidine rings is 1. The summed E-state index contributed by atoms with van der Waals surface area (Å²) >= 11 is 7.51. The molecule has 0 saturated carbocycles. The number of nitrogens with one attached hydrogen (secondary N) is 1. The Bertz CT molecular complexity index is 1100. The maximum atomic E-state index is 13.0. The summed E-state index contributed by atoms with van der Waals surface area (Å²) in [6.45, 7) is 1.33. The van der Waals surface area contributed by atoms with Gasteiger partial charge in [-0.1, -0.05) is 11.6 Å². The fourth-order valence-corrected chi connectivity index (χ4v) is 5.23. The quantitative estimate of drug-likeness (QED) is 0.488. The highest BCUT2D eigenvalue weighted by Crippen LogP contribution is 2.29. The first kappa shape index (κ1) is 23.4. The maximum Gasteiger partial charge on any atom is 0.337 e. The number of likely N-dealkylation sites (tertiary alicyclic amines) is 1. The summed E-state index contributed by atoms with van der Waals surface area (Å²) < 4.78 is 33.1. The minimum absolute atomic E-state index is 0.0439. The van der Waals surface area contributed by atoms with Crippen LogP contribution in [0.5, 0.6) is 0 Å². The van der Waals surface area contributed by atoms with Gasteiger partial charge in [0.2, 0.25) is 0 Å². The maximum absolute atomic E-state index is 13.0. The Hall–Kier alpha value is -2.23. The molecular formula is C21H23ClN2O5S2. The van der Waals surface area contributed by atoms with Crippen molar-refractivity contribution in [2.75, 3.05) is 31.2 Å².